The summed E-state index contributed by atoms with van der Waals surface area (Å²) in [5.74, 6) is -0.854. The van der Waals surface area contributed by atoms with E-state index in [1.54, 1.807) is 0 Å². The van der Waals surface area contributed by atoms with Gasteiger partial charge in [0.15, 0.2) is 6.10 Å². The largest absolute Gasteiger partial charge is 0.479 e. The second-order valence-electron chi connectivity index (χ2n) is 3.34. The average Bonchev–Trinajstić information content (AvgIpc) is 2.15. The maximum atomic E-state index is 10.7. The van der Waals surface area contributed by atoms with Gasteiger partial charge in [-0.15, -0.1) is 0 Å². The van der Waals surface area contributed by atoms with E-state index < -0.39 is 12.1 Å². The first-order valence-electron chi connectivity index (χ1n) is 4.83. The fourth-order valence-corrected chi connectivity index (χ4v) is 1.50. The van der Waals surface area contributed by atoms with E-state index in [1.165, 1.54) is 0 Å². The van der Waals surface area contributed by atoms with Crippen LogP contribution in [0.3, 0.4) is 0 Å². The molecule has 0 aromatic rings. The van der Waals surface area contributed by atoms with Crippen LogP contribution < -0.4 is 5.32 Å². The number of hydrogen-bond donors (Lipinski definition) is 2. The zero-order valence-electron chi connectivity index (χ0n) is 7.95. The van der Waals surface area contributed by atoms with Crippen molar-refractivity contribution in [3.05, 3.63) is 0 Å². The van der Waals surface area contributed by atoms with Crippen molar-refractivity contribution >= 4 is 5.97 Å². The molecule has 0 saturated carbocycles. The highest BCUT2D eigenvalue weighted by molar-refractivity contribution is 5.72. The van der Waals surface area contributed by atoms with Gasteiger partial charge in [0.1, 0.15) is 0 Å². The van der Waals surface area contributed by atoms with Crippen LogP contribution in [0.1, 0.15) is 26.2 Å². The predicted molar refractivity (Wildman–Crippen MR) is 48.7 cm³/mol. The topological polar surface area (TPSA) is 58.6 Å². The summed E-state index contributed by atoms with van der Waals surface area (Å²) in [7, 11) is 0. The van der Waals surface area contributed by atoms with E-state index in [0.29, 0.717) is 6.42 Å². The molecular formula is C9H17NO3. The van der Waals surface area contributed by atoms with E-state index in [-0.39, 0.29) is 6.10 Å². The smallest absolute Gasteiger partial charge is 0.332 e. The van der Waals surface area contributed by atoms with Crippen molar-refractivity contribution in [1.82, 2.24) is 5.32 Å². The third-order valence-corrected chi connectivity index (χ3v) is 2.25. The minimum absolute atomic E-state index is 0.0785. The number of ether oxygens (including phenoxy) is 1. The molecular weight excluding hydrogens is 170 g/mol. The van der Waals surface area contributed by atoms with Gasteiger partial charge in [0.25, 0.3) is 0 Å². The van der Waals surface area contributed by atoms with Gasteiger partial charge in [-0.2, -0.15) is 0 Å². The van der Waals surface area contributed by atoms with E-state index in [1.807, 2.05) is 6.92 Å². The average molecular weight is 187 g/mol. The number of aliphatic carboxylic acids is 1. The molecule has 76 valence electrons. The summed E-state index contributed by atoms with van der Waals surface area (Å²) >= 11 is 0. The molecule has 0 aliphatic carbocycles. The normalized spacial score (nSPS) is 25.5. The van der Waals surface area contributed by atoms with Gasteiger partial charge in [0.2, 0.25) is 0 Å². The highest BCUT2D eigenvalue weighted by Gasteiger charge is 2.22. The summed E-state index contributed by atoms with van der Waals surface area (Å²) in [5.41, 5.74) is 0. The number of carboxylic acids is 1. The Kier molecular flexibility index (Phi) is 4.18. The third-order valence-electron chi connectivity index (χ3n) is 2.25. The zero-order chi connectivity index (χ0) is 9.68. The Morgan fingerprint density at radius 2 is 2.54 bits per heavy atom. The van der Waals surface area contributed by atoms with Crippen molar-refractivity contribution < 1.29 is 14.6 Å². The van der Waals surface area contributed by atoms with Crippen LogP contribution in [0, 0.1) is 0 Å². The summed E-state index contributed by atoms with van der Waals surface area (Å²) in [6.07, 6.45) is 2.02. The standard InChI is InChI=1S/C9H17NO3/c1-2-8(9(11)12)13-7-4-3-5-10-6-7/h7-8,10H,2-6H2,1H3,(H,11,12)/t7-,8?/m0/s1. The quantitative estimate of drug-likeness (QED) is 0.677. The molecule has 4 nitrogen and oxygen atoms in total. The molecule has 1 aliphatic heterocycles. The van der Waals surface area contributed by atoms with Crippen LogP contribution in [0.25, 0.3) is 0 Å². The molecule has 0 spiro atoms. The lowest BCUT2D eigenvalue weighted by Gasteiger charge is -2.25. The summed E-state index contributed by atoms with van der Waals surface area (Å²) in [4.78, 5) is 10.7. The first kappa shape index (κ1) is 10.5. The Bertz CT molecular complexity index is 166. The summed E-state index contributed by atoms with van der Waals surface area (Å²) in [6, 6.07) is 0. The second-order valence-corrected chi connectivity index (χ2v) is 3.34. The maximum absolute atomic E-state index is 10.7. The van der Waals surface area contributed by atoms with E-state index in [4.69, 9.17) is 9.84 Å². The third kappa shape index (κ3) is 3.32. The lowest BCUT2D eigenvalue weighted by molar-refractivity contribution is -0.155. The van der Waals surface area contributed by atoms with Crippen LogP contribution in [-0.4, -0.2) is 36.4 Å². The van der Waals surface area contributed by atoms with Gasteiger partial charge in [-0.25, -0.2) is 4.79 Å². The maximum Gasteiger partial charge on any atom is 0.332 e. The highest BCUT2D eigenvalue weighted by atomic mass is 16.5. The van der Waals surface area contributed by atoms with E-state index in [9.17, 15) is 4.79 Å². The molecule has 1 heterocycles. The molecule has 0 amide bonds. The van der Waals surface area contributed by atoms with Crippen LogP contribution in [-0.2, 0) is 9.53 Å². The first-order chi connectivity index (χ1) is 6.24. The first-order valence-corrected chi connectivity index (χ1v) is 4.83. The predicted octanol–water partition coefficient (Wildman–Crippen LogP) is 0.618. The van der Waals surface area contributed by atoms with Crippen LogP contribution in [0.5, 0.6) is 0 Å². The molecule has 0 aromatic heterocycles. The zero-order valence-corrected chi connectivity index (χ0v) is 7.95. The monoisotopic (exact) mass is 187 g/mol. The van der Waals surface area contributed by atoms with Crippen molar-refractivity contribution in [3.8, 4) is 0 Å². The molecule has 2 atom stereocenters. The summed E-state index contributed by atoms with van der Waals surface area (Å²) in [5, 5.41) is 11.9. The molecule has 1 saturated heterocycles. The van der Waals surface area contributed by atoms with Crippen molar-refractivity contribution in [2.75, 3.05) is 13.1 Å². The summed E-state index contributed by atoms with van der Waals surface area (Å²) in [6.45, 7) is 3.63. The number of carboxylic acid groups (broad SMARTS) is 1. The second kappa shape index (κ2) is 5.19. The fraction of sp³-hybridized carbons (Fsp3) is 0.889. The van der Waals surface area contributed by atoms with Gasteiger partial charge < -0.3 is 15.2 Å². The molecule has 2 N–H and O–H groups in total. The van der Waals surface area contributed by atoms with Gasteiger partial charge in [-0.05, 0) is 25.8 Å². The SMILES string of the molecule is CCC(O[C@H]1CCCNC1)C(=O)O. The van der Waals surface area contributed by atoms with Gasteiger partial charge >= 0.3 is 5.97 Å². The van der Waals surface area contributed by atoms with E-state index >= 15 is 0 Å². The van der Waals surface area contributed by atoms with Crippen LogP contribution >= 0.6 is 0 Å². The van der Waals surface area contributed by atoms with Crippen molar-refractivity contribution in [2.45, 2.75) is 38.4 Å². The highest BCUT2D eigenvalue weighted by Crippen LogP contribution is 2.10. The Hall–Kier alpha value is -0.610. The molecule has 13 heavy (non-hydrogen) atoms. The minimum atomic E-state index is -0.854. The number of hydrogen-bond acceptors (Lipinski definition) is 3. The Morgan fingerprint density at radius 3 is 3.00 bits per heavy atom. The van der Waals surface area contributed by atoms with Crippen molar-refractivity contribution in [1.29, 1.82) is 0 Å². The molecule has 1 aliphatic rings. The van der Waals surface area contributed by atoms with Gasteiger partial charge in [-0.1, -0.05) is 6.92 Å². The number of rotatable bonds is 4. The fourth-order valence-electron chi connectivity index (χ4n) is 1.50. The lowest BCUT2D eigenvalue weighted by Crippen LogP contribution is -2.39. The Labute approximate surface area is 78.3 Å². The Balaban J connectivity index is 2.31. The molecule has 1 fully saturated rings. The molecule has 0 radical (unpaired) electrons. The van der Waals surface area contributed by atoms with Crippen molar-refractivity contribution in [2.24, 2.45) is 0 Å². The number of nitrogens with one attached hydrogen (secondary N) is 1. The molecule has 0 bridgehead atoms. The number of carbonyl (C=O) groups is 1. The van der Waals surface area contributed by atoms with E-state index in [2.05, 4.69) is 5.32 Å². The molecule has 0 aromatic carbocycles. The van der Waals surface area contributed by atoms with E-state index in [0.717, 1.165) is 25.9 Å². The lowest BCUT2D eigenvalue weighted by atomic mass is 10.1. The minimum Gasteiger partial charge on any atom is -0.479 e. The summed E-state index contributed by atoms with van der Waals surface area (Å²) < 4.78 is 5.44. The van der Waals surface area contributed by atoms with Gasteiger partial charge in [0, 0.05) is 6.54 Å². The van der Waals surface area contributed by atoms with Gasteiger partial charge in [0.05, 0.1) is 6.10 Å². The van der Waals surface area contributed by atoms with Gasteiger partial charge in [-0.3, -0.25) is 0 Å². The van der Waals surface area contributed by atoms with Crippen LogP contribution in [0.15, 0.2) is 0 Å². The molecule has 4 heteroatoms. The molecule has 1 rings (SSSR count). The molecule has 1 unspecified atom stereocenters. The van der Waals surface area contributed by atoms with Crippen LogP contribution in [0.2, 0.25) is 0 Å². The van der Waals surface area contributed by atoms with Crippen molar-refractivity contribution in [3.63, 3.8) is 0 Å². The Morgan fingerprint density at radius 1 is 1.77 bits per heavy atom. The number of piperidine rings is 1. The van der Waals surface area contributed by atoms with Crippen LogP contribution in [0.4, 0.5) is 0 Å².